The smallest absolute Gasteiger partial charge is 0.116 e. The molecule has 0 bridgehead atoms. The van der Waals surface area contributed by atoms with E-state index in [0.717, 1.165) is 11.1 Å². The molecule has 2 rings (SSSR count). The lowest BCUT2D eigenvalue weighted by molar-refractivity contribution is 0.475. The molecule has 0 fully saturated rings. The van der Waals surface area contributed by atoms with Crippen molar-refractivity contribution in [3.8, 4) is 16.9 Å². The third-order valence-electron chi connectivity index (χ3n) is 2.56. The van der Waals surface area contributed by atoms with E-state index < -0.39 is 0 Å². The molecule has 0 amide bonds. The van der Waals surface area contributed by atoms with Crippen molar-refractivity contribution in [2.45, 2.75) is 0 Å². The maximum Gasteiger partial charge on any atom is 0.116 e. The zero-order valence-corrected chi connectivity index (χ0v) is 9.51. The number of hydrogen-bond donors (Lipinski definition) is 1. The molecule has 2 aromatic rings. The molecule has 2 aromatic carbocycles. The third-order valence-corrected chi connectivity index (χ3v) is 2.56. The minimum Gasteiger partial charge on any atom is -0.508 e. The van der Waals surface area contributed by atoms with E-state index in [2.05, 4.69) is 29.2 Å². The highest BCUT2D eigenvalue weighted by molar-refractivity contribution is 5.67. The fourth-order valence-corrected chi connectivity index (χ4v) is 1.64. The van der Waals surface area contributed by atoms with Crippen LogP contribution in [0.1, 0.15) is 0 Å². The Morgan fingerprint density at radius 2 is 1.56 bits per heavy atom. The summed E-state index contributed by atoms with van der Waals surface area (Å²) in [6.07, 6.45) is 0. The summed E-state index contributed by atoms with van der Waals surface area (Å²) in [4.78, 5) is 2.06. The van der Waals surface area contributed by atoms with Crippen LogP contribution in [0.25, 0.3) is 11.1 Å². The summed E-state index contributed by atoms with van der Waals surface area (Å²) in [7, 11) is 4.03. The zero-order chi connectivity index (χ0) is 11.5. The Hall–Kier alpha value is -1.96. The number of rotatable bonds is 2. The lowest BCUT2D eigenvalue weighted by atomic mass is 10.1. The predicted octanol–water partition coefficient (Wildman–Crippen LogP) is 3.13. The summed E-state index contributed by atoms with van der Waals surface area (Å²) in [6, 6.07) is 15.5. The summed E-state index contributed by atoms with van der Waals surface area (Å²) in [6.45, 7) is 0. The molecule has 0 aromatic heterocycles. The van der Waals surface area contributed by atoms with Crippen LogP contribution < -0.4 is 4.90 Å². The zero-order valence-electron chi connectivity index (χ0n) is 9.51. The highest BCUT2D eigenvalue weighted by atomic mass is 16.3. The first-order valence-corrected chi connectivity index (χ1v) is 5.23. The van der Waals surface area contributed by atoms with E-state index in [1.54, 1.807) is 12.1 Å². The molecule has 0 radical (unpaired) electrons. The summed E-state index contributed by atoms with van der Waals surface area (Å²) < 4.78 is 0. The molecule has 2 nitrogen and oxygen atoms in total. The van der Waals surface area contributed by atoms with Gasteiger partial charge in [-0.1, -0.05) is 24.3 Å². The average Bonchev–Trinajstić information content (AvgIpc) is 2.29. The number of phenols is 1. The van der Waals surface area contributed by atoms with Gasteiger partial charge in [0.2, 0.25) is 0 Å². The quantitative estimate of drug-likeness (QED) is 0.828. The van der Waals surface area contributed by atoms with Crippen LogP contribution in [0, 0.1) is 0 Å². The Morgan fingerprint density at radius 3 is 2.12 bits per heavy atom. The second kappa shape index (κ2) is 4.27. The van der Waals surface area contributed by atoms with Gasteiger partial charge in [-0.2, -0.15) is 0 Å². The molecule has 0 saturated carbocycles. The maximum absolute atomic E-state index is 9.41. The van der Waals surface area contributed by atoms with E-state index in [1.165, 1.54) is 5.69 Å². The van der Waals surface area contributed by atoms with Crippen LogP contribution in [0.4, 0.5) is 5.69 Å². The van der Waals surface area contributed by atoms with Gasteiger partial charge in [-0.25, -0.2) is 0 Å². The Balaban J connectivity index is 2.35. The Kier molecular flexibility index (Phi) is 2.82. The molecule has 16 heavy (non-hydrogen) atoms. The van der Waals surface area contributed by atoms with Gasteiger partial charge in [0.15, 0.2) is 0 Å². The predicted molar refractivity (Wildman–Crippen MR) is 67.9 cm³/mol. The summed E-state index contributed by atoms with van der Waals surface area (Å²) in [5.41, 5.74) is 3.32. The third kappa shape index (κ3) is 2.16. The number of anilines is 1. The monoisotopic (exact) mass is 213 g/mol. The SMILES string of the molecule is CN(C)c1ccc(-c2cccc(O)c2)cc1. The summed E-state index contributed by atoms with van der Waals surface area (Å²) in [5.74, 6) is 0.300. The Morgan fingerprint density at radius 1 is 0.875 bits per heavy atom. The van der Waals surface area contributed by atoms with E-state index in [9.17, 15) is 5.11 Å². The number of aromatic hydroxyl groups is 1. The second-order valence-electron chi connectivity index (χ2n) is 3.99. The van der Waals surface area contributed by atoms with E-state index in [0.29, 0.717) is 5.75 Å². The number of hydrogen-bond acceptors (Lipinski definition) is 2. The van der Waals surface area contributed by atoms with Crippen LogP contribution in [-0.2, 0) is 0 Å². The van der Waals surface area contributed by atoms with Gasteiger partial charge in [0, 0.05) is 19.8 Å². The fraction of sp³-hybridized carbons (Fsp3) is 0.143. The van der Waals surface area contributed by atoms with Crippen molar-refractivity contribution in [3.05, 3.63) is 48.5 Å². The minimum absolute atomic E-state index is 0.300. The van der Waals surface area contributed by atoms with Crippen molar-refractivity contribution in [1.29, 1.82) is 0 Å². The van der Waals surface area contributed by atoms with Gasteiger partial charge in [-0.3, -0.25) is 0 Å². The van der Waals surface area contributed by atoms with Crippen LogP contribution in [0.5, 0.6) is 5.75 Å². The standard InChI is InChI=1S/C14H15NO/c1-15(2)13-8-6-11(7-9-13)12-4-3-5-14(16)10-12/h3-10,16H,1-2H3. The molecular weight excluding hydrogens is 198 g/mol. The molecule has 0 unspecified atom stereocenters. The van der Waals surface area contributed by atoms with E-state index in [1.807, 2.05) is 26.2 Å². The first-order valence-electron chi connectivity index (χ1n) is 5.23. The van der Waals surface area contributed by atoms with Crippen LogP contribution in [-0.4, -0.2) is 19.2 Å². The lowest BCUT2D eigenvalue weighted by Gasteiger charge is -2.12. The molecule has 82 valence electrons. The molecule has 0 aliphatic heterocycles. The van der Waals surface area contributed by atoms with Gasteiger partial charge < -0.3 is 10.0 Å². The van der Waals surface area contributed by atoms with Crippen molar-refractivity contribution in [3.63, 3.8) is 0 Å². The lowest BCUT2D eigenvalue weighted by Crippen LogP contribution is -2.07. The van der Waals surface area contributed by atoms with Crippen molar-refractivity contribution in [2.75, 3.05) is 19.0 Å². The van der Waals surface area contributed by atoms with Crippen LogP contribution in [0.2, 0.25) is 0 Å². The van der Waals surface area contributed by atoms with Gasteiger partial charge in [0.25, 0.3) is 0 Å². The molecule has 0 heterocycles. The summed E-state index contributed by atoms with van der Waals surface area (Å²) in [5, 5.41) is 9.41. The Labute approximate surface area is 95.8 Å². The van der Waals surface area contributed by atoms with Gasteiger partial charge >= 0.3 is 0 Å². The van der Waals surface area contributed by atoms with Gasteiger partial charge in [0.05, 0.1) is 0 Å². The molecule has 0 spiro atoms. The van der Waals surface area contributed by atoms with Crippen molar-refractivity contribution >= 4 is 5.69 Å². The van der Waals surface area contributed by atoms with E-state index in [-0.39, 0.29) is 0 Å². The second-order valence-corrected chi connectivity index (χ2v) is 3.99. The average molecular weight is 213 g/mol. The van der Waals surface area contributed by atoms with E-state index >= 15 is 0 Å². The van der Waals surface area contributed by atoms with Crippen molar-refractivity contribution in [2.24, 2.45) is 0 Å². The number of benzene rings is 2. The van der Waals surface area contributed by atoms with Crippen molar-refractivity contribution < 1.29 is 5.11 Å². The largest absolute Gasteiger partial charge is 0.508 e. The van der Waals surface area contributed by atoms with Crippen LogP contribution in [0.3, 0.4) is 0 Å². The normalized spacial score (nSPS) is 10.1. The Bertz CT molecular complexity index is 474. The minimum atomic E-state index is 0.300. The first-order chi connectivity index (χ1) is 7.66. The van der Waals surface area contributed by atoms with Gasteiger partial charge in [0.1, 0.15) is 5.75 Å². The summed E-state index contributed by atoms with van der Waals surface area (Å²) >= 11 is 0. The van der Waals surface area contributed by atoms with Crippen LogP contribution >= 0.6 is 0 Å². The topological polar surface area (TPSA) is 23.5 Å². The molecule has 1 N–H and O–H groups in total. The molecule has 0 aliphatic rings. The fourth-order valence-electron chi connectivity index (χ4n) is 1.64. The van der Waals surface area contributed by atoms with Crippen molar-refractivity contribution in [1.82, 2.24) is 0 Å². The molecule has 0 saturated heterocycles. The van der Waals surface area contributed by atoms with Gasteiger partial charge in [-0.05, 0) is 35.4 Å². The first kappa shape index (κ1) is 10.6. The van der Waals surface area contributed by atoms with E-state index in [4.69, 9.17) is 0 Å². The molecule has 0 atom stereocenters. The maximum atomic E-state index is 9.41. The highest BCUT2D eigenvalue weighted by Crippen LogP contribution is 2.24. The number of phenolic OH excluding ortho intramolecular Hbond substituents is 1. The number of nitrogens with zero attached hydrogens (tertiary/aromatic N) is 1. The molecule has 2 heteroatoms. The highest BCUT2D eigenvalue weighted by Gasteiger charge is 1.99. The van der Waals surface area contributed by atoms with Gasteiger partial charge in [-0.15, -0.1) is 0 Å². The molecular formula is C14H15NO. The molecule has 0 aliphatic carbocycles. The van der Waals surface area contributed by atoms with Crippen LogP contribution in [0.15, 0.2) is 48.5 Å².